The standard InChI is InChI=1S/C17H14FN3O2/c1-11-5-6-15-19-9-14(17(23)21(15)10-11)16(22)20-8-12-3-2-4-13(18)7-12/h2-7,9-10H,8H2,1H3,(H,20,22). The summed E-state index contributed by atoms with van der Waals surface area (Å²) < 4.78 is 14.5. The third-order valence-corrected chi connectivity index (χ3v) is 3.44. The summed E-state index contributed by atoms with van der Waals surface area (Å²) in [5.41, 5.74) is 1.49. The van der Waals surface area contributed by atoms with Gasteiger partial charge in [0, 0.05) is 18.9 Å². The molecule has 1 amide bonds. The maximum atomic E-state index is 13.1. The summed E-state index contributed by atoms with van der Waals surface area (Å²) in [5.74, 6) is -0.915. The molecule has 116 valence electrons. The first kappa shape index (κ1) is 14.9. The van der Waals surface area contributed by atoms with Crippen LogP contribution in [0.25, 0.3) is 5.65 Å². The van der Waals surface area contributed by atoms with Gasteiger partial charge < -0.3 is 5.32 Å². The van der Waals surface area contributed by atoms with E-state index in [9.17, 15) is 14.0 Å². The molecule has 2 heterocycles. The summed E-state index contributed by atoms with van der Waals surface area (Å²) in [5, 5.41) is 2.60. The lowest BCUT2D eigenvalue weighted by Crippen LogP contribution is -2.31. The van der Waals surface area contributed by atoms with E-state index >= 15 is 0 Å². The molecular weight excluding hydrogens is 297 g/mol. The first-order valence-electron chi connectivity index (χ1n) is 7.05. The molecule has 0 unspecified atom stereocenters. The van der Waals surface area contributed by atoms with Crippen molar-refractivity contribution in [2.75, 3.05) is 0 Å². The van der Waals surface area contributed by atoms with Crippen LogP contribution in [-0.2, 0) is 6.54 Å². The number of aromatic nitrogens is 2. The number of pyridine rings is 1. The minimum Gasteiger partial charge on any atom is -0.348 e. The van der Waals surface area contributed by atoms with E-state index in [0.29, 0.717) is 11.2 Å². The Morgan fingerprint density at radius 1 is 1.30 bits per heavy atom. The number of rotatable bonds is 3. The van der Waals surface area contributed by atoms with E-state index in [1.165, 1.54) is 22.7 Å². The molecule has 0 aliphatic rings. The minimum atomic E-state index is -0.539. The third-order valence-electron chi connectivity index (χ3n) is 3.44. The van der Waals surface area contributed by atoms with Crippen LogP contribution < -0.4 is 10.9 Å². The third kappa shape index (κ3) is 3.11. The maximum Gasteiger partial charge on any atom is 0.270 e. The number of carbonyl (C=O) groups excluding carboxylic acids is 1. The zero-order valence-corrected chi connectivity index (χ0v) is 12.4. The van der Waals surface area contributed by atoms with E-state index in [1.807, 2.05) is 13.0 Å². The zero-order chi connectivity index (χ0) is 16.4. The van der Waals surface area contributed by atoms with Gasteiger partial charge in [-0.1, -0.05) is 18.2 Å². The van der Waals surface area contributed by atoms with E-state index in [-0.39, 0.29) is 17.9 Å². The second-order valence-corrected chi connectivity index (χ2v) is 5.22. The lowest BCUT2D eigenvalue weighted by molar-refractivity contribution is 0.0949. The Hall–Kier alpha value is -3.02. The Morgan fingerprint density at radius 2 is 2.13 bits per heavy atom. The van der Waals surface area contributed by atoms with Gasteiger partial charge in [0.05, 0.1) is 0 Å². The van der Waals surface area contributed by atoms with Crippen LogP contribution in [0.1, 0.15) is 21.5 Å². The largest absolute Gasteiger partial charge is 0.348 e. The van der Waals surface area contributed by atoms with E-state index in [1.54, 1.807) is 24.4 Å². The molecule has 0 radical (unpaired) electrons. The van der Waals surface area contributed by atoms with Crippen LogP contribution in [0.3, 0.4) is 0 Å². The fourth-order valence-electron chi connectivity index (χ4n) is 2.26. The Balaban J connectivity index is 1.86. The molecule has 0 spiro atoms. The molecular formula is C17H14FN3O2. The number of amides is 1. The molecule has 5 nitrogen and oxygen atoms in total. The second-order valence-electron chi connectivity index (χ2n) is 5.22. The molecule has 1 N–H and O–H groups in total. The summed E-state index contributed by atoms with van der Waals surface area (Å²) in [6.07, 6.45) is 2.89. The van der Waals surface area contributed by atoms with Gasteiger partial charge in [0.1, 0.15) is 17.0 Å². The highest BCUT2D eigenvalue weighted by molar-refractivity contribution is 5.93. The van der Waals surface area contributed by atoms with Crippen molar-refractivity contribution in [3.05, 3.63) is 81.7 Å². The molecule has 6 heteroatoms. The lowest BCUT2D eigenvalue weighted by Gasteiger charge is -2.07. The first-order chi connectivity index (χ1) is 11.0. The molecule has 0 aliphatic carbocycles. The first-order valence-corrected chi connectivity index (χ1v) is 7.05. The van der Waals surface area contributed by atoms with Gasteiger partial charge in [0.25, 0.3) is 11.5 Å². The Labute approximate surface area is 131 Å². The highest BCUT2D eigenvalue weighted by atomic mass is 19.1. The topological polar surface area (TPSA) is 63.5 Å². The average Bonchev–Trinajstić information content (AvgIpc) is 2.53. The summed E-state index contributed by atoms with van der Waals surface area (Å²) in [7, 11) is 0. The Kier molecular flexibility index (Phi) is 3.89. The number of nitrogens with one attached hydrogen (secondary N) is 1. The predicted molar refractivity (Wildman–Crippen MR) is 83.8 cm³/mol. The van der Waals surface area contributed by atoms with Crippen molar-refractivity contribution < 1.29 is 9.18 Å². The van der Waals surface area contributed by atoms with E-state index < -0.39 is 11.5 Å². The van der Waals surface area contributed by atoms with Crippen molar-refractivity contribution in [3.63, 3.8) is 0 Å². The van der Waals surface area contributed by atoms with Crippen molar-refractivity contribution >= 4 is 11.6 Å². The number of hydrogen-bond acceptors (Lipinski definition) is 3. The smallest absolute Gasteiger partial charge is 0.270 e. The van der Waals surface area contributed by atoms with Gasteiger partial charge in [-0.05, 0) is 36.2 Å². The van der Waals surface area contributed by atoms with Crippen LogP contribution in [0.2, 0.25) is 0 Å². The van der Waals surface area contributed by atoms with Gasteiger partial charge in [-0.2, -0.15) is 0 Å². The number of hydrogen-bond donors (Lipinski definition) is 1. The van der Waals surface area contributed by atoms with Crippen LogP contribution in [-0.4, -0.2) is 15.3 Å². The zero-order valence-electron chi connectivity index (χ0n) is 12.4. The average molecular weight is 311 g/mol. The van der Waals surface area contributed by atoms with Crippen LogP contribution >= 0.6 is 0 Å². The normalized spacial score (nSPS) is 10.7. The highest BCUT2D eigenvalue weighted by Gasteiger charge is 2.13. The minimum absolute atomic E-state index is 0.0514. The predicted octanol–water partition coefficient (Wildman–Crippen LogP) is 2.07. The molecule has 0 aliphatic heterocycles. The Morgan fingerprint density at radius 3 is 2.91 bits per heavy atom. The van der Waals surface area contributed by atoms with Crippen LogP contribution in [0.5, 0.6) is 0 Å². The molecule has 1 aromatic carbocycles. The number of benzene rings is 1. The molecule has 0 saturated heterocycles. The van der Waals surface area contributed by atoms with Gasteiger partial charge in [0.2, 0.25) is 0 Å². The fourth-order valence-corrected chi connectivity index (χ4v) is 2.26. The van der Waals surface area contributed by atoms with Crippen molar-refractivity contribution in [1.82, 2.24) is 14.7 Å². The van der Waals surface area contributed by atoms with Crippen molar-refractivity contribution in [3.8, 4) is 0 Å². The molecule has 0 saturated carbocycles. The number of carbonyl (C=O) groups is 1. The van der Waals surface area contributed by atoms with Crippen molar-refractivity contribution in [2.24, 2.45) is 0 Å². The van der Waals surface area contributed by atoms with Gasteiger partial charge in [0.15, 0.2) is 0 Å². The van der Waals surface area contributed by atoms with Gasteiger partial charge in [-0.15, -0.1) is 0 Å². The highest BCUT2D eigenvalue weighted by Crippen LogP contribution is 2.04. The number of fused-ring (bicyclic) bond motifs is 1. The van der Waals surface area contributed by atoms with Gasteiger partial charge >= 0.3 is 0 Å². The maximum absolute atomic E-state index is 13.1. The quantitative estimate of drug-likeness (QED) is 0.805. The van der Waals surface area contributed by atoms with Crippen molar-refractivity contribution in [2.45, 2.75) is 13.5 Å². The van der Waals surface area contributed by atoms with Crippen LogP contribution in [0.4, 0.5) is 4.39 Å². The number of nitrogens with zero attached hydrogens (tertiary/aromatic N) is 2. The molecule has 2 aromatic heterocycles. The summed E-state index contributed by atoms with van der Waals surface area (Å²) in [6, 6.07) is 9.46. The molecule has 0 fully saturated rings. The molecule has 3 aromatic rings. The van der Waals surface area contributed by atoms with Gasteiger partial charge in [-0.25, -0.2) is 9.37 Å². The van der Waals surface area contributed by atoms with Crippen LogP contribution in [0, 0.1) is 12.7 Å². The monoisotopic (exact) mass is 311 g/mol. The number of aryl methyl sites for hydroxylation is 1. The lowest BCUT2D eigenvalue weighted by atomic mass is 10.2. The summed E-state index contributed by atoms with van der Waals surface area (Å²) >= 11 is 0. The van der Waals surface area contributed by atoms with E-state index in [2.05, 4.69) is 10.3 Å². The SMILES string of the molecule is Cc1ccc2ncc(C(=O)NCc3cccc(F)c3)c(=O)n2c1. The molecule has 0 atom stereocenters. The summed E-state index contributed by atoms with van der Waals surface area (Å²) in [6.45, 7) is 1.98. The van der Waals surface area contributed by atoms with Crippen molar-refractivity contribution in [1.29, 1.82) is 0 Å². The van der Waals surface area contributed by atoms with E-state index in [0.717, 1.165) is 5.56 Å². The number of halogens is 1. The molecule has 23 heavy (non-hydrogen) atoms. The van der Waals surface area contributed by atoms with Crippen LogP contribution in [0.15, 0.2) is 53.6 Å². The second kappa shape index (κ2) is 6.00. The Bertz CT molecular complexity index is 950. The molecule has 3 rings (SSSR count). The van der Waals surface area contributed by atoms with E-state index in [4.69, 9.17) is 0 Å². The summed E-state index contributed by atoms with van der Waals surface area (Å²) in [4.78, 5) is 28.7. The molecule has 0 bridgehead atoms. The fraction of sp³-hybridized carbons (Fsp3) is 0.118. The van der Waals surface area contributed by atoms with Gasteiger partial charge in [-0.3, -0.25) is 14.0 Å².